The molecule has 0 aliphatic rings. The molecule has 2 aromatic rings. The summed E-state index contributed by atoms with van der Waals surface area (Å²) in [5.41, 5.74) is 7.93. The standard InChI is InChI=1S/C14H21N3O2/c1-3-11(15)14-16-12-9-10(19-4-2)5-6-13(12)17(14)7-8-18/h5-6,9,11,18H,3-4,7-8,15H2,1-2H3. The van der Waals surface area contributed by atoms with Gasteiger partial charge in [-0.3, -0.25) is 0 Å². The van der Waals surface area contributed by atoms with Crippen molar-refractivity contribution in [3.05, 3.63) is 24.0 Å². The quantitative estimate of drug-likeness (QED) is 0.834. The Morgan fingerprint density at radius 2 is 2.21 bits per heavy atom. The molecule has 0 amide bonds. The Morgan fingerprint density at radius 1 is 1.42 bits per heavy atom. The molecular weight excluding hydrogens is 242 g/mol. The van der Waals surface area contributed by atoms with E-state index in [4.69, 9.17) is 10.5 Å². The van der Waals surface area contributed by atoms with E-state index in [0.29, 0.717) is 13.2 Å². The zero-order valence-electron chi connectivity index (χ0n) is 11.5. The lowest BCUT2D eigenvalue weighted by molar-refractivity contribution is 0.275. The van der Waals surface area contributed by atoms with Gasteiger partial charge in [-0.05, 0) is 25.5 Å². The summed E-state index contributed by atoms with van der Waals surface area (Å²) in [6.07, 6.45) is 0.813. The van der Waals surface area contributed by atoms with Crippen molar-refractivity contribution in [3.63, 3.8) is 0 Å². The first-order valence-corrected chi connectivity index (χ1v) is 6.70. The SMILES string of the molecule is CCOc1ccc2c(c1)nc(C(N)CC)n2CCO. The normalized spacial score (nSPS) is 12.8. The highest BCUT2D eigenvalue weighted by atomic mass is 16.5. The van der Waals surface area contributed by atoms with Gasteiger partial charge in [0.25, 0.3) is 0 Å². The summed E-state index contributed by atoms with van der Waals surface area (Å²) in [6, 6.07) is 5.69. The Kier molecular flexibility index (Phi) is 4.39. The van der Waals surface area contributed by atoms with Crippen LogP contribution in [0.3, 0.4) is 0 Å². The van der Waals surface area contributed by atoms with Gasteiger partial charge in [0, 0.05) is 12.6 Å². The average molecular weight is 263 g/mol. The van der Waals surface area contributed by atoms with Crippen LogP contribution in [0.25, 0.3) is 11.0 Å². The summed E-state index contributed by atoms with van der Waals surface area (Å²) in [4.78, 5) is 4.59. The van der Waals surface area contributed by atoms with Crippen molar-refractivity contribution in [2.75, 3.05) is 13.2 Å². The van der Waals surface area contributed by atoms with Crippen molar-refractivity contribution < 1.29 is 9.84 Å². The molecule has 1 aromatic carbocycles. The molecule has 0 aliphatic heterocycles. The van der Waals surface area contributed by atoms with Crippen LogP contribution in [0.15, 0.2) is 18.2 Å². The molecule has 0 fully saturated rings. The highest BCUT2D eigenvalue weighted by molar-refractivity contribution is 5.78. The fraction of sp³-hybridized carbons (Fsp3) is 0.500. The van der Waals surface area contributed by atoms with Gasteiger partial charge >= 0.3 is 0 Å². The number of imidazole rings is 1. The molecule has 2 rings (SSSR count). The molecule has 0 radical (unpaired) electrons. The van der Waals surface area contributed by atoms with Crippen LogP contribution in [-0.2, 0) is 6.54 Å². The van der Waals surface area contributed by atoms with E-state index >= 15 is 0 Å². The maximum atomic E-state index is 9.20. The van der Waals surface area contributed by atoms with Crippen molar-refractivity contribution in [3.8, 4) is 5.75 Å². The second-order valence-corrected chi connectivity index (χ2v) is 4.44. The Hall–Kier alpha value is -1.59. The minimum Gasteiger partial charge on any atom is -0.494 e. The second kappa shape index (κ2) is 6.04. The number of fused-ring (bicyclic) bond motifs is 1. The van der Waals surface area contributed by atoms with Gasteiger partial charge in [-0.25, -0.2) is 4.98 Å². The van der Waals surface area contributed by atoms with Crippen LogP contribution in [0.2, 0.25) is 0 Å². The zero-order chi connectivity index (χ0) is 13.8. The zero-order valence-corrected chi connectivity index (χ0v) is 11.5. The number of aromatic nitrogens is 2. The van der Waals surface area contributed by atoms with E-state index in [1.807, 2.05) is 36.6 Å². The van der Waals surface area contributed by atoms with E-state index < -0.39 is 0 Å². The van der Waals surface area contributed by atoms with Crippen molar-refractivity contribution in [2.24, 2.45) is 5.73 Å². The van der Waals surface area contributed by atoms with Crippen LogP contribution >= 0.6 is 0 Å². The predicted octanol–water partition coefficient (Wildman–Crippen LogP) is 1.84. The largest absolute Gasteiger partial charge is 0.494 e. The van der Waals surface area contributed by atoms with Gasteiger partial charge in [0.15, 0.2) is 0 Å². The Morgan fingerprint density at radius 3 is 2.84 bits per heavy atom. The molecule has 0 aliphatic carbocycles. The minimum absolute atomic E-state index is 0.0715. The summed E-state index contributed by atoms with van der Waals surface area (Å²) in [5.74, 6) is 1.63. The lowest BCUT2D eigenvalue weighted by atomic mass is 10.2. The summed E-state index contributed by atoms with van der Waals surface area (Å²) < 4.78 is 7.47. The molecule has 0 bridgehead atoms. The van der Waals surface area contributed by atoms with Gasteiger partial charge < -0.3 is 20.1 Å². The first kappa shape index (κ1) is 13.8. The van der Waals surface area contributed by atoms with Crippen LogP contribution in [-0.4, -0.2) is 27.9 Å². The number of ether oxygens (including phenoxy) is 1. The van der Waals surface area contributed by atoms with Gasteiger partial charge in [0.05, 0.1) is 30.3 Å². The van der Waals surface area contributed by atoms with Gasteiger partial charge in [-0.2, -0.15) is 0 Å². The highest BCUT2D eigenvalue weighted by Gasteiger charge is 2.15. The highest BCUT2D eigenvalue weighted by Crippen LogP contribution is 2.25. The molecule has 104 valence electrons. The molecule has 1 unspecified atom stereocenters. The Balaban J connectivity index is 2.52. The first-order chi connectivity index (χ1) is 9.21. The molecular formula is C14H21N3O2. The summed E-state index contributed by atoms with van der Waals surface area (Å²) in [7, 11) is 0. The number of aliphatic hydroxyl groups excluding tert-OH is 1. The maximum absolute atomic E-state index is 9.20. The number of nitrogens with two attached hydrogens (primary N) is 1. The monoisotopic (exact) mass is 263 g/mol. The van der Waals surface area contributed by atoms with E-state index in [2.05, 4.69) is 4.98 Å². The van der Waals surface area contributed by atoms with E-state index in [-0.39, 0.29) is 12.6 Å². The Labute approximate surface area is 113 Å². The van der Waals surface area contributed by atoms with Gasteiger partial charge in [-0.15, -0.1) is 0 Å². The number of hydrogen-bond donors (Lipinski definition) is 2. The number of benzene rings is 1. The topological polar surface area (TPSA) is 73.3 Å². The molecule has 0 saturated heterocycles. The van der Waals surface area contributed by atoms with Crippen LogP contribution in [0, 0.1) is 0 Å². The van der Waals surface area contributed by atoms with Crippen LogP contribution in [0.5, 0.6) is 5.75 Å². The summed E-state index contributed by atoms with van der Waals surface area (Å²) in [6.45, 7) is 5.19. The van der Waals surface area contributed by atoms with Gasteiger partial charge in [-0.1, -0.05) is 6.92 Å². The molecule has 0 saturated carbocycles. The lowest BCUT2D eigenvalue weighted by Gasteiger charge is -2.11. The fourth-order valence-corrected chi connectivity index (χ4v) is 2.19. The van der Waals surface area contributed by atoms with Gasteiger partial charge in [0.1, 0.15) is 11.6 Å². The number of aliphatic hydroxyl groups is 1. The molecule has 1 atom stereocenters. The molecule has 5 heteroatoms. The third kappa shape index (κ3) is 2.72. The number of hydrogen-bond acceptors (Lipinski definition) is 4. The average Bonchev–Trinajstić information content (AvgIpc) is 2.77. The minimum atomic E-state index is -0.116. The van der Waals surface area contributed by atoms with E-state index in [1.165, 1.54) is 0 Å². The van der Waals surface area contributed by atoms with Gasteiger partial charge in [0.2, 0.25) is 0 Å². The number of nitrogens with zero attached hydrogens (tertiary/aromatic N) is 2. The van der Waals surface area contributed by atoms with Crippen molar-refractivity contribution in [1.82, 2.24) is 9.55 Å². The van der Waals surface area contributed by atoms with Crippen molar-refractivity contribution in [2.45, 2.75) is 32.9 Å². The Bertz CT molecular complexity index is 551. The first-order valence-electron chi connectivity index (χ1n) is 6.70. The summed E-state index contributed by atoms with van der Waals surface area (Å²) >= 11 is 0. The van der Waals surface area contributed by atoms with Crippen LogP contribution < -0.4 is 10.5 Å². The predicted molar refractivity (Wildman–Crippen MR) is 75.2 cm³/mol. The third-order valence-electron chi connectivity index (χ3n) is 3.16. The molecule has 1 aromatic heterocycles. The molecule has 5 nitrogen and oxygen atoms in total. The molecule has 3 N–H and O–H groups in total. The number of rotatable bonds is 6. The van der Waals surface area contributed by atoms with Crippen molar-refractivity contribution >= 4 is 11.0 Å². The van der Waals surface area contributed by atoms with Crippen LogP contribution in [0.4, 0.5) is 0 Å². The van der Waals surface area contributed by atoms with Crippen LogP contribution in [0.1, 0.15) is 32.1 Å². The molecule has 1 heterocycles. The molecule has 19 heavy (non-hydrogen) atoms. The lowest BCUT2D eigenvalue weighted by Crippen LogP contribution is -2.17. The van der Waals surface area contributed by atoms with E-state index in [1.54, 1.807) is 0 Å². The smallest absolute Gasteiger partial charge is 0.126 e. The second-order valence-electron chi connectivity index (χ2n) is 4.44. The van der Waals surface area contributed by atoms with E-state index in [9.17, 15) is 5.11 Å². The third-order valence-corrected chi connectivity index (χ3v) is 3.16. The summed E-state index contributed by atoms with van der Waals surface area (Å²) in [5, 5.41) is 9.20. The van der Waals surface area contributed by atoms with E-state index in [0.717, 1.165) is 29.0 Å². The van der Waals surface area contributed by atoms with Crippen molar-refractivity contribution in [1.29, 1.82) is 0 Å². The fourth-order valence-electron chi connectivity index (χ4n) is 2.19. The maximum Gasteiger partial charge on any atom is 0.126 e. The molecule has 0 spiro atoms.